The molecule has 1 amide bonds. The van der Waals surface area contributed by atoms with E-state index >= 15 is 0 Å². The van der Waals surface area contributed by atoms with Crippen molar-refractivity contribution in [2.75, 3.05) is 11.9 Å². The Balaban J connectivity index is 1.40. The van der Waals surface area contributed by atoms with E-state index < -0.39 is 11.7 Å². The molecule has 1 N–H and O–H groups in total. The van der Waals surface area contributed by atoms with Crippen LogP contribution in [0.3, 0.4) is 0 Å². The van der Waals surface area contributed by atoms with E-state index in [9.17, 15) is 14.0 Å². The summed E-state index contributed by atoms with van der Waals surface area (Å²) in [6, 6.07) is 5.60. The normalized spacial score (nSPS) is 26.0. The number of carbonyl (C=O) groups excluding carboxylic acids is 2. The van der Waals surface area contributed by atoms with Crippen LogP contribution < -0.4 is 5.32 Å². The highest BCUT2D eigenvalue weighted by Crippen LogP contribution is 2.49. The fourth-order valence-electron chi connectivity index (χ4n) is 3.81. The highest BCUT2D eigenvalue weighted by atomic mass is 19.1. The molecule has 5 heteroatoms. The van der Waals surface area contributed by atoms with Crippen LogP contribution >= 0.6 is 0 Å². The van der Waals surface area contributed by atoms with Crippen LogP contribution in [0.1, 0.15) is 32.1 Å². The molecule has 0 aromatic heterocycles. The quantitative estimate of drug-likeness (QED) is 0.850. The van der Waals surface area contributed by atoms with Crippen LogP contribution in [0.5, 0.6) is 0 Å². The third kappa shape index (κ3) is 3.64. The van der Waals surface area contributed by atoms with Gasteiger partial charge in [-0.15, -0.1) is 0 Å². The number of fused-ring (bicyclic) bond motifs is 2. The maximum atomic E-state index is 13.0. The van der Waals surface area contributed by atoms with Crippen molar-refractivity contribution < 1.29 is 18.7 Å². The molecule has 2 aliphatic rings. The number of nitrogens with one attached hydrogen (secondary N) is 1. The summed E-state index contributed by atoms with van der Waals surface area (Å²) in [4.78, 5) is 23.5. The summed E-state index contributed by atoms with van der Waals surface area (Å²) in [6.07, 6.45) is 5.30. The molecule has 4 nitrogen and oxygen atoms in total. The van der Waals surface area contributed by atoms with Gasteiger partial charge in [0.15, 0.2) is 6.61 Å². The van der Waals surface area contributed by atoms with Gasteiger partial charge in [-0.3, -0.25) is 9.59 Å². The predicted octanol–water partition coefficient (Wildman–Crippen LogP) is 3.13. The number of benzene rings is 1. The Labute approximate surface area is 129 Å². The lowest BCUT2D eigenvalue weighted by atomic mass is 9.86. The maximum Gasteiger partial charge on any atom is 0.306 e. The second kappa shape index (κ2) is 6.46. The van der Waals surface area contributed by atoms with Gasteiger partial charge in [-0.2, -0.15) is 0 Å². The summed E-state index contributed by atoms with van der Waals surface area (Å²) < 4.78 is 18.0. The van der Waals surface area contributed by atoms with Gasteiger partial charge in [-0.25, -0.2) is 4.39 Å². The molecule has 0 radical (unpaired) electrons. The lowest BCUT2D eigenvalue weighted by molar-refractivity contribution is -0.148. The van der Waals surface area contributed by atoms with Gasteiger partial charge < -0.3 is 10.1 Å². The number of ether oxygens (including phenoxy) is 1. The van der Waals surface area contributed by atoms with E-state index in [4.69, 9.17) is 4.74 Å². The van der Waals surface area contributed by atoms with E-state index in [-0.39, 0.29) is 12.6 Å². The van der Waals surface area contributed by atoms with E-state index in [0.29, 0.717) is 23.9 Å². The molecule has 2 saturated carbocycles. The van der Waals surface area contributed by atoms with Gasteiger partial charge in [0.25, 0.3) is 5.91 Å². The summed E-state index contributed by atoms with van der Waals surface area (Å²) in [6.45, 7) is -0.323. The van der Waals surface area contributed by atoms with Crippen molar-refractivity contribution in [3.05, 3.63) is 30.1 Å². The Hall–Kier alpha value is -1.91. The van der Waals surface area contributed by atoms with Crippen molar-refractivity contribution in [1.29, 1.82) is 0 Å². The summed E-state index contributed by atoms with van der Waals surface area (Å²) in [5.41, 5.74) is 0.356. The SMILES string of the molecule is O=C(COC(=O)C[C@@H]1C[C@H]2CC[C@@H]1C2)Nc1cccc(F)c1. The molecular formula is C17H20FNO3. The minimum atomic E-state index is -0.452. The monoisotopic (exact) mass is 305 g/mol. The number of halogens is 1. The van der Waals surface area contributed by atoms with Gasteiger partial charge in [-0.1, -0.05) is 12.5 Å². The molecule has 118 valence electrons. The number of amides is 1. The number of hydrogen-bond donors (Lipinski definition) is 1. The predicted molar refractivity (Wildman–Crippen MR) is 79.5 cm³/mol. The molecule has 0 spiro atoms. The zero-order chi connectivity index (χ0) is 15.5. The lowest BCUT2D eigenvalue weighted by Gasteiger charge is -2.20. The van der Waals surface area contributed by atoms with Crippen molar-refractivity contribution in [3.8, 4) is 0 Å². The van der Waals surface area contributed by atoms with Crippen LogP contribution in [0.2, 0.25) is 0 Å². The van der Waals surface area contributed by atoms with Crippen molar-refractivity contribution in [2.24, 2.45) is 17.8 Å². The maximum absolute atomic E-state index is 13.0. The van der Waals surface area contributed by atoms with Gasteiger partial charge in [0.05, 0.1) is 0 Å². The average Bonchev–Trinajstić information content (AvgIpc) is 3.08. The van der Waals surface area contributed by atoms with Crippen LogP contribution in [0.15, 0.2) is 24.3 Å². The lowest BCUT2D eigenvalue weighted by Crippen LogP contribution is -2.23. The van der Waals surface area contributed by atoms with Crippen LogP contribution in [0.25, 0.3) is 0 Å². The summed E-state index contributed by atoms with van der Waals surface area (Å²) in [5, 5.41) is 2.50. The second-order valence-electron chi connectivity index (χ2n) is 6.36. The molecule has 1 aromatic carbocycles. The molecule has 2 aliphatic carbocycles. The Morgan fingerprint density at radius 1 is 1.27 bits per heavy atom. The smallest absolute Gasteiger partial charge is 0.306 e. The summed E-state index contributed by atoms with van der Waals surface area (Å²) >= 11 is 0. The molecule has 22 heavy (non-hydrogen) atoms. The number of carbonyl (C=O) groups is 2. The number of esters is 1. The Morgan fingerprint density at radius 2 is 2.14 bits per heavy atom. The van der Waals surface area contributed by atoms with E-state index in [2.05, 4.69) is 5.32 Å². The van der Waals surface area contributed by atoms with E-state index in [1.807, 2.05) is 0 Å². The first-order chi connectivity index (χ1) is 10.6. The van der Waals surface area contributed by atoms with E-state index in [1.54, 1.807) is 6.07 Å². The molecule has 3 atom stereocenters. The summed E-state index contributed by atoms with van der Waals surface area (Å²) in [7, 11) is 0. The molecule has 0 aliphatic heterocycles. The van der Waals surface area contributed by atoms with Gasteiger partial charge >= 0.3 is 5.97 Å². The molecular weight excluding hydrogens is 285 g/mol. The Bertz CT molecular complexity index is 575. The minimum Gasteiger partial charge on any atom is -0.456 e. The highest BCUT2D eigenvalue weighted by Gasteiger charge is 2.40. The molecule has 1 aromatic rings. The summed E-state index contributed by atoms with van der Waals surface area (Å²) in [5.74, 6) is 0.695. The Kier molecular flexibility index (Phi) is 4.41. The molecule has 2 fully saturated rings. The molecule has 0 saturated heterocycles. The minimum absolute atomic E-state index is 0.313. The number of rotatable bonds is 5. The largest absolute Gasteiger partial charge is 0.456 e. The zero-order valence-electron chi connectivity index (χ0n) is 12.4. The topological polar surface area (TPSA) is 55.4 Å². The molecule has 2 bridgehead atoms. The van der Waals surface area contributed by atoms with Crippen molar-refractivity contribution in [2.45, 2.75) is 32.1 Å². The van der Waals surface area contributed by atoms with Gasteiger partial charge in [0.1, 0.15) is 5.82 Å². The van der Waals surface area contributed by atoms with E-state index in [1.165, 1.54) is 37.5 Å². The number of anilines is 1. The first kappa shape index (κ1) is 15.0. The second-order valence-corrected chi connectivity index (χ2v) is 6.36. The third-order valence-electron chi connectivity index (χ3n) is 4.79. The Morgan fingerprint density at radius 3 is 2.82 bits per heavy atom. The van der Waals surface area contributed by atoms with Gasteiger partial charge in [0.2, 0.25) is 0 Å². The van der Waals surface area contributed by atoms with Crippen LogP contribution in [-0.4, -0.2) is 18.5 Å². The average molecular weight is 305 g/mol. The number of hydrogen-bond acceptors (Lipinski definition) is 3. The van der Waals surface area contributed by atoms with Crippen molar-refractivity contribution in [3.63, 3.8) is 0 Å². The standard InChI is InChI=1S/C17H20FNO3/c18-14-2-1-3-15(9-14)19-16(20)10-22-17(21)8-13-7-11-4-5-12(13)6-11/h1-3,9,11-13H,4-8,10H2,(H,19,20)/t11-,12+,13-/m0/s1. The molecule has 3 rings (SSSR count). The molecule has 0 heterocycles. The van der Waals surface area contributed by atoms with Gasteiger partial charge in [-0.05, 0) is 55.2 Å². The first-order valence-corrected chi connectivity index (χ1v) is 7.81. The van der Waals surface area contributed by atoms with Crippen molar-refractivity contribution in [1.82, 2.24) is 0 Å². The highest BCUT2D eigenvalue weighted by molar-refractivity contribution is 5.92. The molecule has 0 unspecified atom stereocenters. The van der Waals surface area contributed by atoms with E-state index in [0.717, 1.165) is 12.3 Å². The zero-order valence-corrected chi connectivity index (χ0v) is 12.4. The fraction of sp³-hybridized carbons (Fsp3) is 0.529. The van der Waals surface area contributed by atoms with Crippen molar-refractivity contribution >= 4 is 17.6 Å². The van der Waals surface area contributed by atoms with Crippen LogP contribution in [0, 0.1) is 23.6 Å². The van der Waals surface area contributed by atoms with Crippen LogP contribution in [-0.2, 0) is 14.3 Å². The first-order valence-electron chi connectivity index (χ1n) is 7.81. The van der Waals surface area contributed by atoms with Gasteiger partial charge in [0, 0.05) is 12.1 Å². The third-order valence-corrected chi connectivity index (χ3v) is 4.79. The van der Waals surface area contributed by atoms with Crippen LogP contribution in [0.4, 0.5) is 10.1 Å². The fourth-order valence-corrected chi connectivity index (χ4v) is 3.81.